The summed E-state index contributed by atoms with van der Waals surface area (Å²) in [6, 6.07) is 7.52. The third-order valence-corrected chi connectivity index (χ3v) is 3.53. The lowest BCUT2D eigenvalue weighted by atomic mass is 9.99. The Balaban J connectivity index is 1.94. The van der Waals surface area contributed by atoms with Crippen LogP contribution in [0, 0.1) is 5.92 Å². The van der Waals surface area contributed by atoms with Crippen molar-refractivity contribution in [1.82, 2.24) is 4.90 Å². The normalized spacial score (nSPS) is 20.4. The van der Waals surface area contributed by atoms with Crippen LogP contribution in [0.3, 0.4) is 0 Å². The average Bonchev–Trinajstić information content (AvgIpc) is 2.32. The molecule has 1 saturated heterocycles. The maximum Gasteiger partial charge on any atom is 0.226 e. The fourth-order valence-corrected chi connectivity index (χ4v) is 2.43. The molecule has 17 heavy (non-hydrogen) atoms. The number of amides is 1. The van der Waals surface area contributed by atoms with Gasteiger partial charge in [-0.2, -0.15) is 0 Å². The maximum absolute atomic E-state index is 12.1. The van der Waals surface area contributed by atoms with E-state index < -0.39 is 0 Å². The second kappa shape index (κ2) is 5.54. The van der Waals surface area contributed by atoms with Crippen LogP contribution in [0.1, 0.15) is 25.3 Å². The van der Waals surface area contributed by atoms with E-state index in [-0.39, 0.29) is 5.91 Å². The molecule has 0 radical (unpaired) electrons. The van der Waals surface area contributed by atoms with E-state index in [0.717, 1.165) is 25.1 Å². The van der Waals surface area contributed by atoms with Crippen LogP contribution in [0.4, 0.5) is 0 Å². The van der Waals surface area contributed by atoms with Gasteiger partial charge in [0.1, 0.15) is 0 Å². The molecule has 1 fully saturated rings. The summed E-state index contributed by atoms with van der Waals surface area (Å²) in [5, 5.41) is 0.716. The van der Waals surface area contributed by atoms with E-state index in [9.17, 15) is 4.79 Å². The van der Waals surface area contributed by atoms with Gasteiger partial charge in [-0.3, -0.25) is 4.79 Å². The molecular formula is C14H18ClNO. The van der Waals surface area contributed by atoms with Gasteiger partial charge in [0, 0.05) is 18.1 Å². The molecule has 1 aliphatic rings. The van der Waals surface area contributed by atoms with Crippen LogP contribution in [0.15, 0.2) is 24.3 Å². The molecule has 0 aliphatic carbocycles. The van der Waals surface area contributed by atoms with Gasteiger partial charge in [-0.1, -0.05) is 30.7 Å². The van der Waals surface area contributed by atoms with Crippen LogP contribution in [0.5, 0.6) is 0 Å². The number of carbonyl (C=O) groups excluding carboxylic acids is 1. The van der Waals surface area contributed by atoms with Gasteiger partial charge in [0.25, 0.3) is 0 Å². The zero-order chi connectivity index (χ0) is 12.3. The molecule has 2 nitrogen and oxygen atoms in total. The minimum absolute atomic E-state index is 0.235. The number of rotatable bonds is 2. The Bertz CT molecular complexity index is 388. The standard InChI is InChI=1S/C14H18ClNO/c1-11-3-2-8-16(10-11)14(17)9-12-4-6-13(15)7-5-12/h4-7,11H,2-3,8-10H2,1H3/t11-/m1/s1. The molecule has 92 valence electrons. The Labute approximate surface area is 108 Å². The highest BCUT2D eigenvalue weighted by atomic mass is 35.5. The van der Waals surface area contributed by atoms with Crippen molar-refractivity contribution in [2.24, 2.45) is 5.92 Å². The van der Waals surface area contributed by atoms with E-state index in [4.69, 9.17) is 11.6 Å². The van der Waals surface area contributed by atoms with Crippen LogP contribution in [0.2, 0.25) is 5.02 Å². The van der Waals surface area contributed by atoms with Crippen molar-refractivity contribution in [2.75, 3.05) is 13.1 Å². The average molecular weight is 252 g/mol. The van der Waals surface area contributed by atoms with Gasteiger partial charge in [0.15, 0.2) is 0 Å². The van der Waals surface area contributed by atoms with E-state index in [1.165, 1.54) is 6.42 Å². The molecule has 0 N–H and O–H groups in total. The van der Waals surface area contributed by atoms with Gasteiger partial charge in [-0.15, -0.1) is 0 Å². The quantitative estimate of drug-likeness (QED) is 0.791. The summed E-state index contributed by atoms with van der Waals surface area (Å²) in [6.45, 7) is 4.03. The number of likely N-dealkylation sites (tertiary alicyclic amines) is 1. The lowest BCUT2D eigenvalue weighted by Crippen LogP contribution is -2.39. The van der Waals surface area contributed by atoms with E-state index in [1.807, 2.05) is 29.2 Å². The molecule has 1 aliphatic heterocycles. The summed E-state index contributed by atoms with van der Waals surface area (Å²) in [5.74, 6) is 0.872. The zero-order valence-electron chi connectivity index (χ0n) is 10.2. The largest absolute Gasteiger partial charge is 0.342 e. The minimum Gasteiger partial charge on any atom is -0.342 e. The van der Waals surface area contributed by atoms with Crippen LogP contribution < -0.4 is 0 Å². The third kappa shape index (κ3) is 3.47. The second-order valence-corrected chi connectivity index (χ2v) is 5.33. The molecule has 0 spiro atoms. The van der Waals surface area contributed by atoms with Crippen molar-refractivity contribution in [3.05, 3.63) is 34.9 Å². The summed E-state index contributed by atoms with van der Waals surface area (Å²) in [5.41, 5.74) is 1.04. The highest BCUT2D eigenvalue weighted by Crippen LogP contribution is 2.17. The topological polar surface area (TPSA) is 20.3 Å². The molecule has 1 aromatic rings. The fraction of sp³-hybridized carbons (Fsp3) is 0.500. The monoisotopic (exact) mass is 251 g/mol. The molecule has 0 bridgehead atoms. The van der Waals surface area contributed by atoms with E-state index in [0.29, 0.717) is 17.4 Å². The smallest absolute Gasteiger partial charge is 0.226 e. The van der Waals surface area contributed by atoms with Gasteiger partial charge >= 0.3 is 0 Å². The molecular weight excluding hydrogens is 234 g/mol. The lowest BCUT2D eigenvalue weighted by Gasteiger charge is -2.31. The van der Waals surface area contributed by atoms with Crippen LogP contribution in [0.25, 0.3) is 0 Å². The van der Waals surface area contributed by atoms with Crippen LogP contribution in [-0.2, 0) is 11.2 Å². The summed E-state index contributed by atoms with van der Waals surface area (Å²) in [7, 11) is 0. The van der Waals surface area contributed by atoms with Crippen LogP contribution in [-0.4, -0.2) is 23.9 Å². The van der Waals surface area contributed by atoms with Gasteiger partial charge in [0.05, 0.1) is 6.42 Å². The Morgan fingerprint density at radius 1 is 1.41 bits per heavy atom. The highest BCUT2D eigenvalue weighted by molar-refractivity contribution is 6.30. The Hall–Kier alpha value is -1.02. The first-order chi connectivity index (χ1) is 8.15. The second-order valence-electron chi connectivity index (χ2n) is 4.89. The summed E-state index contributed by atoms with van der Waals surface area (Å²) >= 11 is 5.82. The van der Waals surface area contributed by atoms with Crippen molar-refractivity contribution < 1.29 is 4.79 Å². The van der Waals surface area contributed by atoms with Crippen molar-refractivity contribution >= 4 is 17.5 Å². The Kier molecular flexibility index (Phi) is 4.06. The van der Waals surface area contributed by atoms with E-state index in [2.05, 4.69) is 6.92 Å². The number of benzene rings is 1. The van der Waals surface area contributed by atoms with Crippen LogP contribution >= 0.6 is 11.6 Å². The summed E-state index contributed by atoms with van der Waals surface area (Å²) in [6.07, 6.45) is 2.86. The zero-order valence-corrected chi connectivity index (χ0v) is 10.9. The highest BCUT2D eigenvalue weighted by Gasteiger charge is 2.20. The molecule has 1 heterocycles. The first-order valence-electron chi connectivity index (χ1n) is 6.17. The lowest BCUT2D eigenvalue weighted by molar-refractivity contribution is -0.132. The van der Waals surface area contributed by atoms with Gasteiger partial charge in [-0.25, -0.2) is 0 Å². The maximum atomic E-state index is 12.1. The molecule has 1 aromatic carbocycles. The number of halogens is 1. The third-order valence-electron chi connectivity index (χ3n) is 3.28. The number of hydrogen-bond acceptors (Lipinski definition) is 1. The minimum atomic E-state index is 0.235. The summed E-state index contributed by atoms with van der Waals surface area (Å²) < 4.78 is 0. The number of carbonyl (C=O) groups is 1. The molecule has 2 rings (SSSR count). The van der Waals surface area contributed by atoms with Crippen molar-refractivity contribution in [3.63, 3.8) is 0 Å². The summed E-state index contributed by atoms with van der Waals surface area (Å²) in [4.78, 5) is 14.1. The predicted molar refractivity (Wildman–Crippen MR) is 70.1 cm³/mol. The van der Waals surface area contributed by atoms with E-state index in [1.54, 1.807) is 0 Å². The molecule has 1 amide bonds. The van der Waals surface area contributed by atoms with E-state index >= 15 is 0 Å². The van der Waals surface area contributed by atoms with Crippen molar-refractivity contribution in [2.45, 2.75) is 26.2 Å². The first-order valence-corrected chi connectivity index (χ1v) is 6.55. The number of nitrogens with zero attached hydrogens (tertiary/aromatic N) is 1. The SMILES string of the molecule is C[C@@H]1CCCN(C(=O)Cc2ccc(Cl)cc2)C1. The number of piperidine rings is 1. The number of hydrogen-bond donors (Lipinski definition) is 0. The van der Waals surface area contributed by atoms with Crippen molar-refractivity contribution in [1.29, 1.82) is 0 Å². The Morgan fingerprint density at radius 2 is 2.12 bits per heavy atom. The fourth-order valence-electron chi connectivity index (χ4n) is 2.30. The predicted octanol–water partition coefficient (Wildman–Crippen LogP) is 3.14. The molecule has 0 saturated carbocycles. The van der Waals surface area contributed by atoms with Crippen molar-refractivity contribution in [3.8, 4) is 0 Å². The molecule has 1 atom stereocenters. The molecule has 3 heteroatoms. The molecule has 0 aromatic heterocycles. The Morgan fingerprint density at radius 3 is 2.76 bits per heavy atom. The van der Waals surface area contributed by atoms with Gasteiger partial charge in [-0.05, 0) is 36.5 Å². The van der Waals surface area contributed by atoms with Gasteiger partial charge in [0.2, 0.25) is 5.91 Å². The molecule has 0 unspecified atom stereocenters. The van der Waals surface area contributed by atoms with Gasteiger partial charge < -0.3 is 4.90 Å². The first kappa shape index (κ1) is 12.4.